The van der Waals surface area contributed by atoms with Gasteiger partial charge in [0.1, 0.15) is 12.0 Å². The zero-order chi connectivity index (χ0) is 21.4. The molecule has 0 amide bonds. The summed E-state index contributed by atoms with van der Waals surface area (Å²) in [5.41, 5.74) is 8.95. The molecular formula is C20H21ClN6O2S. The quantitative estimate of drug-likeness (QED) is 0.484. The van der Waals surface area contributed by atoms with E-state index < -0.39 is 4.92 Å². The molecule has 8 nitrogen and oxygen atoms in total. The van der Waals surface area contributed by atoms with Gasteiger partial charge >= 0.3 is 0 Å². The minimum absolute atomic E-state index is 0.0606. The van der Waals surface area contributed by atoms with Crippen LogP contribution in [0.1, 0.15) is 18.1 Å². The first-order valence-electron chi connectivity index (χ1n) is 9.45. The summed E-state index contributed by atoms with van der Waals surface area (Å²) in [6, 6.07) is 12.3. The van der Waals surface area contributed by atoms with Crippen molar-refractivity contribution in [1.29, 1.82) is 5.41 Å². The summed E-state index contributed by atoms with van der Waals surface area (Å²) in [7, 11) is 0. The van der Waals surface area contributed by atoms with Crippen LogP contribution in [0.15, 0.2) is 47.5 Å². The number of nitrogens with zero attached hydrogens (tertiary/aromatic N) is 3. The minimum atomic E-state index is -0.398. The number of nitro groups is 1. The monoisotopic (exact) mass is 444 g/mol. The van der Waals surface area contributed by atoms with Gasteiger partial charge in [0.25, 0.3) is 5.69 Å². The number of non-ortho nitro benzene ring substituents is 1. The average Bonchev–Trinajstić information content (AvgIpc) is 3.10. The number of hydrogen-bond acceptors (Lipinski definition) is 7. The van der Waals surface area contributed by atoms with Gasteiger partial charge in [-0.05, 0) is 43.2 Å². The van der Waals surface area contributed by atoms with Gasteiger partial charge in [-0.2, -0.15) is 0 Å². The van der Waals surface area contributed by atoms with Crippen molar-refractivity contribution in [3.63, 3.8) is 0 Å². The highest BCUT2D eigenvalue weighted by molar-refractivity contribution is 8.13. The van der Waals surface area contributed by atoms with E-state index in [0.717, 1.165) is 16.8 Å². The fraction of sp³-hybridized carbons (Fsp3) is 0.300. The molecular weight excluding hydrogens is 424 g/mol. The first-order chi connectivity index (χ1) is 14.3. The second kappa shape index (κ2) is 8.35. The molecule has 3 unspecified atom stereocenters. The molecule has 2 aliphatic rings. The van der Waals surface area contributed by atoms with Crippen LogP contribution in [0.4, 0.5) is 11.4 Å². The van der Waals surface area contributed by atoms with Gasteiger partial charge in [-0.15, -0.1) is 0 Å². The first-order valence-corrected chi connectivity index (χ1v) is 10.8. The number of hydrazine groups is 1. The Bertz CT molecular complexity index is 1050. The molecule has 0 aliphatic carbocycles. The predicted molar refractivity (Wildman–Crippen MR) is 121 cm³/mol. The summed E-state index contributed by atoms with van der Waals surface area (Å²) in [4.78, 5) is 17.4. The summed E-state index contributed by atoms with van der Waals surface area (Å²) < 4.78 is 0. The second-order valence-electron chi connectivity index (χ2n) is 7.33. The number of nitrogens with one attached hydrogen (secondary N) is 3. The third-order valence-corrected chi connectivity index (χ3v) is 6.67. The molecule has 3 atom stereocenters. The first kappa shape index (κ1) is 20.8. The number of aryl methyl sites for hydroxylation is 1. The maximum atomic E-state index is 11.1. The zero-order valence-electron chi connectivity index (χ0n) is 16.4. The van der Waals surface area contributed by atoms with Crippen molar-refractivity contribution in [3.05, 3.63) is 68.7 Å². The Labute approximate surface area is 183 Å². The number of amidine groups is 2. The molecule has 10 heteroatoms. The number of hydrogen-bond donors (Lipinski definition) is 3. The van der Waals surface area contributed by atoms with Crippen molar-refractivity contribution < 1.29 is 4.92 Å². The number of benzene rings is 2. The maximum Gasteiger partial charge on any atom is 0.269 e. The summed E-state index contributed by atoms with van der Waals surface area (Å²) in [5, 5.41) is 21.3. The second-order valence-corrected chi connectivity index (χ2v) is 8.68. The standard InChI is InChI=1S/C20H21ClN6O2S/c1-11-8-14(6-7-16(11)21)26-18(22)17-12(2)24-25-19(17)23-20(26)30-10-13-4-3-5-15(9-13)27(28)29/h3-9,12,17,19,22,24-25H,10H2,1-2H3. The third-order valence-electron chi connectivity index (χ3n) is 5.22. The van der Waals surface area contributed by atoms with Crippen LogP contribution in [0.2, 0.25) is 5.02 Å². The molecule has 0 radical (unpaired) electrons. The number of halogens is 1. The molecule has 4 rings (SSSR count). The summed E-state index contributed by atoms with van der Waals surface area (Å²) in [5.74, 6) is 0.837. The van der Waals surface area contributed by atoms with Crippen molar-refractivity contribution in [2.45, 2.75) is 31.8 Å². The normalized spacial score (nSPS) is 23.3. The summed E-state index contributed by atoms with van der Waals surface area (Å²) >= 11 is 7.65. The molecule has 1 fully saturated rings. The Balaban J connectivity index is 1.66. The van der Waals surface area contributed by atoms with Gasteiger partial charge in [0.2, 0.25) is 0 Å². The Morgan fingerprint density at radius 3 is 2.83 bits per heavy atom. The molecule has 2 aromatic rings. The fourth-order valence-corrected chi connectivity index (χ4v) is 4.74. The SMILES string of the molecule is Cc1cc(N2C(=N)C3C(C)NNC3N=C2SCc2cccc([N+](=O)[O-])c2)ccc1Cl. The zero-order valence-corrected chi connectivity index (χ0v) is 18.0. The van der Waals surface area contributed by atoms with Crippen LogP contribution in [0, 0.1) is 28.4 Å². The summed E-state index contributed by atoms with van der Waals surface area (Å²) in [6.45, 7) is 3.95. The van der Waals surface area contributed by atoms with Gasteiger partial charge in [-0.25, -0.2) is 10.4 Å². The van der Waals surface area contributed by atoms with E-state index in [0.29, 0.717) is 21.8 Å². The minimum Gasteiger partial charge on any atom is -0.287 e. The van der Waals surface area contributed by atoms with Crippen LogP contribution in [0.5, 0.6) is 0 Å². The predicted octanol–water partition coefficient (Wildman–Crippen LogP) is 4.08. The lowest BCUT2D eigenvalue weighted by atomic mass is 9.97. The van der Waals surface area contributed by atoms with Gasteiger partial charge in [-0.3, -0.25) is 25.8 Å². The van der Waals surface area contributed by atoms with E-state index in [-0.39, 0.29) is 23.8 Å². The highest BCUT2D eigenvalue weighted by atomic mass is 35.5. The largest absolute Gasteiger partial charge is 0.287 e. The van der Waals surface area contributed by atoms with Crippen LogP contribution in [0.25, 0.3) is 0 Å². The lowest BCUT2D eigenvalue weighted by Gasteiger charge is -2.36. The molecule has 0 bridgehead atoms. The van der Waals surface area contributed by atoms with Gasteiger partial charge in [0, 0.05) is 34.6 Å². The van der Waals surface area contributed by atoms with Crippen LogP contribution < -0.4 is 15.8 Å². The van der Waals surface area contributed by atoms with Gasteiger partial charge in [0.15, 0.2) is 5.17 Å². The molecule has 1 saturated heterocycles. The number of anilines is 1. The Morgan fingerprint density at radius 1 is 1.30 bits per heavy atom. The van der Waals surface area contributed by atoms with Crippen LogP contribution in [0.3, 0.4) is 0 Å². The van der Waals surface area contributed by atoms with Gasteiger partial charge in [-0.1, -0.05) is 35.5 Å². The molecule has 156 valence electrons. The van der Waals surface area contributed by atoms with E-state index in [1.165, 1.54) is 17.8 Å². The number of fused-ring (bicyclic) bond motifs is 1. The van der Waals surface area contributed by atoms with Gasteiger partial charge < -0.3 is 0 Å². The molecule has 2 aliphatic heterocycles. The van der Waals surface area contributed by atoms with E-state index in [1.807, 2.05) is 43.0 Å². The molecule has 2 aromatic carbocycles. The van der Waals surface area contributed by atoms with Crippen LogP contribution in [-0.4, -0.2) is 28.1 Å². The topological polar surface area (TPSA) is 107 Å². The number of nitro benzene ring substituents is 1. The maximum absolute atomic E-state index is 11.1. The lowest BCUT2D eigenvalue weighted by molar-refractivity contribution is -0.384. The van der Waals surface area contributed by atoms with Crippen LogP contribution in [-0.2, 0) is 5.75 Å². The highest BCUT2D eigenvalue weighted by Crippen LogP contribution is 2.34. The van der Waals surface area contributed by atoms with Crippen molar-refractivity contribution >= 4 is 45.7 Å². The van der Waals surface area contributed by atoms with Crippen molar-refractivity contribution in [2.75, 3.05) is 4.90 Å². The number of thioether (sulfide) groups is 1. The van der Waals surface area contributed by atoms with Crippen molar-refractivity contribution in [1.82, 2.24) is 10.9 Å². The Hall–Kier alpha value is -2.46. The average molecular weight is 445 g/mol. The fourth-order valence-electron chi connectivity index (χ4n) is 3.62. The van der Waals surface area contributed by atoms with Crippen molar-refractivity contribution in [3.8, 4) is 0 Å². The smallest absolute Gasteiger partial charge is 0.269 e. The molecule has 0 spiro atoms. The van der Waals surface area contributed by atoms with E-state index in [9.17, 15) is 10.1 Å². The van der Waals surface area contributed by atoms with Crippen LogP contribution >= 0.6 is 23.4 Å². The Morgan fingerprint density at radius 2 is 2.10 bits per heavy atom. The summed E-state index contributed by atoms with van der Waals surface area (Å²) in [6.07, 6.45) is -0.232. The highest BCUT2D eigenvalue weighted by Gasteiger charge is 2.43. The Kier molecular flexibility index (Phi) is 5.79. The molecule has 3 N–H and O–H groups in total. The lowest BCUT2D eigenvalue weighted by Crippen LogP contribution is -2.50. The van der Waals surface area contributed by atoms with Gasteiger partial charge in [0.05, 0.1) is 10.8 Å². The number of rotatable bonds is 4. The molecule has 2 heterocycles. The van der Waals surface area contributed by atoms with E-state index in [4.69, 9.17) is 22.0 Å². The molecule has 0 aromatic heterocycles. The molecule has 30 heavy (non-hydrogen) atoms. The molecule has 0 saturated carbocycles. The number of aliphatic imine (C=N–C) groups is 1. The van der Waals surface area contributed by atoms with E-state index in [1.54, 1.807) is 12.1 Å². The van der Waals surface area contributed by atoms with Crippen molar-refractivity contribution in [2.24, 2.45) is 10.9 Å². The van der Waals surface area contributed by atoms with E-state index >= 15 is 0 Å². The third kappa shape index (κ3) is 3.93. The van der Waals surface area contributed by atoms with E-state index in [2.05, 4.69) is 10.9 Å².